The minimum Gasteiger partial charge on any atom is -0.357 e. The van der Waals surface area contributed by atoms with Crippen molar-refractivity contribution >= 4 is 27.8 Å². The summed E-state index contributed by atoms with van der Waals surface area (Å²) in [5, 5.41) is 4.33. The standard InChI is InChI=1S/C10H13N3S2/c1-6-8(3)15-10(13-6)11-4-9-7(2)12-5-14-9/h5H,4H2,1-3H3,(H,11,13). The molecule has 0 bridgehead atoms. The Bertz CT molecular complexity index is 439. The predicted molar refractivity (Wildman–Crippen MR) is 65.8 cm³/mol. The van der Waals surface area contributed by atoms with E-state index >= 15 is 0 Å². The highest BCUT2D eigenvalue weighted by Gasteiger charge is 2.05. The Balaban J connectivity index is 2.02. The van der Waals surface area contributed by atoms with E-state index < -0.39 is 0 Å². The smallest absolute Gasteiger partial charge is 0.183 e. The molecule has 0 spiro atoms. The molecule has 1 N–H and O–H groups in total. The number of nitrogens with one attached hydrogen (secondary N) is 1. The highest BCUT2D eigenvalue weighted by molar-refractivity contribution is 7.15. The topological polar surface area (TPSA) is 37.8 Å². The average molecular weight is 239 g/mol. The van der Waals surface area contributed by atoms with E-state index in [0.29, 0.717) is 0 Å². The fourth-order valence-electron chi connectivity index (χ4n) is 1.20. The molecule has 0 aliphatic carbocycles. The first-order valence-electron chi connectivity index (χ1n) is 4.73. The summed E-state index contributed by atoms with van der Waals surface area (Å²) < 4.78 is 0. The molecule has 0 aromatic carbocycles. The highest BCUT2D eigenvalue weighted by Crippen LogP contribution is 2.22. The van der Waals surface area contributed by atoms with E-state index in [4.69, 9.17) is 0 Å². The zero-order chi connectivity index (χ0) is 10.8. The van der Waals surface area contributed by atoms with Gasteiger partial charge in [0.25, 0.3) is 0 Å². The van der Waals surface area contributed by atoms with Crippen molar-refractivity contribution in [3.8, 4) is 0 Å². The van der Waals surface area contributed by atoms with Crippen LogP contribution in [0, 0.1) is 20.8 Å². The number of anilines is 1. The molecule has 2 rings (SSSR count). The molecule has 0 radical (unpaired) electrons. The lowest BCUT2D eigenvalue weighted by molar-refractivity contribution is 1.10. The van der Waals surface area contributed by atoms with Crippen LogP contribution in [0.15, 0.2) is 5.51 Å². The molecule has 5 heteroatoms. The second kappa shape index (κ2) is 4.28. The fourth-order valence-corrected chi connectivity index (χ4v) is 2.73. The van der Waals surface area contributed by atoms with Crippen molar-refractivity contribution in [2.45, 2.75) is 27.3 Å². The van der Waals surface area contributed by atoms with Crippen LogP contribution in [0.5, 0.6) is 0 Å². The van der Waals surface area contributed by atoms with Crippen LogP contribution in [-0.4, -0.2) is 9.97 Å². The summed E-state index contributed by atoms with van der Waals surface area (Å²) >= 11 is 3.39. The van der Waals surface area contributed by atoms with Gasteiger partial charge in [0.15, 0.2) is 5.13 Å². The normalized spacial score (nSPS) is 10.6. The second-order valence-corrected chi connectivity index (χ2v) is 5.52. The Kier molecular flexibility index (Phi) is 3.02. The SMILES string of the molecule is Cc1nc(NCc2scnc2C)sc1C. The maximum Gasteiger partial charge on any atom is 0.183 e. The average Bonchev–Trinajstić information content (AvgIpc) is 2.72. The molecule has 0 saturated heterocycles. The predicted octanol–water partition coefficient (Wildman–Crippen LogP) is 3.14. The van der Waals surface area contributed by atoms with E-state index in [-0.39, 0.29) is 0 Å². The van der Waals surface area contributed by atoms with Gasteiger partial charge in [-0.25, -0.2) is 9.97 Å². The van der Waals surface area contributed by atoms with Gasteiger partial charge in [-0.05, 0) is 20.8 Å². The first-order chi connectivity index (χ1) is 7.16. The summed E-state index contributed by atoms with van der Waals surface area (Å²) in [6.07, 6.45) is 0. The number of hydrogen-bond donors (Lipinski definition) is 1. The van der Waals surface area contributed by atoms with Crippen molar-refractivity contribution in [3.05, 3.63) is 26.7 Å². The molecule has 80 valence electrons. The van der Waals surface area contributed by atoms with Crippen molar-refractivity contribution in [2.75, 3.05) is 5.32 Å². The molecule has 0 aliphatic rings. The Hall–Kier alpha value is -0.940. The van der Waals surface area contributed by atoms with Crippen LogP contribution in [-0.2, 0) is 6.54 Å². The van der Waals surface area contributed by atoms with Gasteiger partial charge in [0, 0.05) is 9.75 Å². The number of aryl methyl sites for hydroxylation is 3. The Morgan fingerprint density at radius 3 is 2.60 bits per heavy atom. The summed E-state index contributed by atoms with van der Waals surface area (Å²) in [6.45, 7) is 6.99. The number of rotatable bonds is 3. The molecule has 2 aromatic rings. The van der Waals surface area contributed by atoms with Crippen molar-refractivity contribution in [2.24, 2.45) is 0 Å². The second-order valence-electron chi connectivity index (χ2n) is 3.38. The summed E-state index contributed by atoms with van der Waals surface area (Å²) in [6, 6.07) is 0. The lowest BCUT2D eigenvalue weighted by Gasteiger charge is -1.99. The van der Waals surface area contributed by atoms with Crippen molar-refractivity contribution in [1.29, 1.82) is 0 Å². The fraction of sp³-hybridized carbons (Fsp3) is 0.400. The van der Waals surface area contributed by atoms with Crippen molar-refractivity contribution < 1.29 is 0 Å². The molecule has 0 atom stereocenters. The molecule has 15 heavy (non-hydrogen) atoms. The summed E-state index contributed by atoms with van der Waals surface area (Å²) in [7, 11) is 0. The van der Waals surface area contributed by atoms with E-state index in [1.54, 1.807) is 22.7 Å². The van der Waals surface area contributed by atoms with Crippen LogP contribution in [0.1, 0.15) is 21.1 Å². The molecular weight excluding hydrogens is 226 g/mol. The Labute approximate surface area is 97.2 Å². The van der Waals surface area contributed by atoms with Crippen molar-refractivity contribution in [1.82, 2.24) is 9.97 Å². The van der Waals surface area contributed by atoms with Gasteiger partial charge in [-0.1, -0.05) is 0 Å². The van der Waals surface area contributed by atoms with Crippen LogP contribution in [0.4, 0.5) is 5.13 Å². The number of hydrogen-bond acceptors (Lipinski definition) is 5. The van der Waals surface area contributed by atoms with Gasteiger partial charge in [0.1, 0.15) is 0 Å². The molecule has 0 aliphatic heterocycles. The minimum absolute atomic E-state index is 0.822. The van der Waals surface area contributed by atoms with Gasteiger partial charge in [-0.3, -0.25) is 0 Å². The van der Waals surface area contributed by atoms with E-state index in [1.165, 1.54) is 9.75 Å². The minimum atomic E-state index is 0.822. The summed E-state index contributed by atoms with van der Waals surface area (Å²) in [5.41, 5.74) is 4.10. The van der Waals surface area contributed by atoms with Gasteiger partial charge in [-0.2, -0.15) is 0 Å². The molecule has 2 aromatic heterocycles. The lowest BCUT2D eigenvalue weighted by Crippen LogP contribution is -1.98. The maximum absolute atomic E-state index is 4.43. The lowest BCUT2D eigenvalue weighted by atomic mass is 10.4. The van der Waals surface area contributed by atoms with Crippen LogP contribution < -0.4 is 5.32 Å². The van der Waals surface area contributed by atoms with Gasteiger partial charge < -0.3 is 5.32 Å². The van der Waals surface area contributed by atoms with Crippen LogP contribution in [0.25, 0.3) is 0 Å². The van der Waals surface area contributed by atoms with E-state index in [2.05, 4.69) is 22.2 Å². The molecule has 2 heterocycles. The molecule has 3 nitrogen and oxygen atoms in total. The molecule has 0 unspecified atom stereocenters. The third-order valence-electron chi connectivity index (χ3n) is 2.27. The Morgan fingerprint density at radius 2 is 2.07 bits per heavy atom. The summed E-state index contributed by atoms with van der Waals surface area (Å²) in [4.78, 5) is 11.2. The quantitative estimate of drug-likeness (QED) is 0.894. The zero-order valence-corrected chi connectivity index (χ0v) is 10.6. The first-order valence-corrected chi connectivity index (χ1v) is 6.43. The van der Waals surface area contributed by atoms with Gasteiger partial charge >= 0.3 is 0 Å². The number of aromatic nitrogens is 2. The number of thiazole rings is 2. The molecular formula is C10H13N3S2. The molecule has 0 fully saturated rings. The van der Waals surface area contributed by atoms with Crippen LogP contribution in [0.3, 0.4) is 0 Å². The van der Waals surface area contributed by atoms with Crippen LogP contribution in [0.2, 0.25) is 0 Å². The zero-order valence-electron chi connectivity index (χ0n) is 9.00. The van der Waals surface area contributed by atoms with E-state index in [9.17, 15) is 0 Å². The van der Waals surface area contributed by atoms with Crippen LogP contribution >= 0.6 is 22.7 Å². The largest absolute Gasteiger partial charge is 0.357 e. The maximum atomic E-state index is 4.43. The third kappa shape index (κ3) is 2.35. The Morgan fingerprint density at radius 1 is 1.27 bits per heavy atom. The van der Waals surface area contributed by atoms with Gasteiger partial charge in [0.05, 0.1) is 23.4 Å². The van der Waals surface area contributed by atoms with Gasteiger partial charge in [-0.15, -0.1) is 22.7 Å². The number of nitrogens with zero attached hydrogens (tertiary/aromatic N) is 2. The monoisotopic (exact) mass is 239 g/mol. The third-order valence-corrected chi connectivity index (χ3v) is 4.24. The van der Waals surface area contributed by atoms with Gasteiger partial charge in [0.2, 0.25) is 0 Å². The van der Waals surface area contributed by atoms with E-state index in [0.717, 1.165) is 23.1 Å². The molecule has 0 amide bonds. The molecule has 0 saturated carbocycles. The van der Waals surface area contributed by atoms with E-state index in [1.807, 2.05) is 19.4 Å². The van der Waals surface area contributed by atoms with Crippen molar-refractivity contribution in [3.63, 3.8) is 0 Å². The highest BCUT2D eigenvalue weighted by atomic mass is 32.1. The summed E-state index contributed by atoms with van der Waals surface area (Å²) in [5.74, 6) is 0. The first kappa shape index (κ1) is 10.6.